The van der Waals surface area contributed by atoms with Gasteiger partial charge in [-0.05, 0) is 19.1 Å². The molecule has 0 atom stereocenters. The number of carbonyl (C=O) groups is 1. The van der Waals surface area contributed by atoms with Crippen LogP contribution < -0.4 is 4.72 Å². The molecule has 0 aromatic carbocycles. The van der Waals surface area contributed by atoms with E-state index < -0.39 is 16.0 Å². The van der Waals surface area contributed by atoms with Gasteiger partial charge < -0.3 is 5.11 Å². The molecule has 2 N–H and O–H groups in total. The highest BCUT2D eigenvalue weighted by atomic mass is 32.2. The zero-order valence-corrected chi connectivity index (χ0v) is 11.4. The highest BCUT2D eigenvalue weighted by Gasteiger charge is 2.20. The van der Waals surface area contributed by atoms with Crippen LogP contribution in [0, 0.1) is 6.92 Å². The maximum Gasteiger partial charge on any atom is 0.345 e. The van der Waals surface area contributed by atoms with E-state index in [0.29, 0.717) is 16.3 Å². The van der Waals surface area contributed by atoms with Gasteiger partial charge in [0, 0.05) is 0 Å². The van der Waals surface area contributed by atoms with Gasteiger partial charge in [-0.1, -0.05) is 11.3 Å². The van der Waals surface area contributed by atoms with Crippen LogP contribution in [0.4, 0.5) is 5.13 Å². The molecule has 2 aromatic rings. The Labute approximate surface area is 110 Å². The number of aromatic nitrogens is 2. The van der Waals surface area contributed by atoms with E-state index >= 15 is 0 Å². The quantitative estimate of drug-likeness (QED) is 0.883. The minimum absolute atomic E-state index is 0.0381. The van der Waals surface area contributed by atoms with Crippen LogP contribution in [-0.2, 0) is 10.0 Å². The van der Waals surface area contributed by atoms with Gasteiger partial charge in [-0.2, -0.15) is 0 Å². The molecule has 0 amide bonds. The summed E-state index contributed by atoms with van der Waals surface area (Å²) in [5, 5.41) is 16.8. The largest absolute Gasteiger partial charge is 0.477 e. The van der Waals surface area contributed by atoms with Crippen LogP contribution in [0.15, 0.2) is 16.3 Å². The van der Waals surface area contributed by atoms with Gasteiger partial charge in [0.25, 0.3) is 10.0 Å². The molecule has 7 nitrogen and oxygen atoms in total. The van der Waals surface area contributed by atoms with Gasteiger partial charge in [-0.3, -0.25) is 4.72 Å². The van der Waals surface area contributed by atoms with Crippen LogP contribution in [0.25, 0.3) is 0 Å². The smallest absolute Gasteiger partial charge is 0.345 e. The summed E-state index contributed by atoms with van der Waals surface area (Å²) in [5.74, 6) is -1.16. The fourth-order valence-corrected chi connectivity index (χ4v) is 4.05. The van der Waals surface area contributed by atoms with Gasteiger partial charge in [0.1, 0.15) is 14.1 Å². The number of carboxylic acids is 1. The predicted octanol–water partition coefficient (Wildman–Crippen LogP) is 1.41. The van der Waals surface area contributed by atoms with E-state index in [2.05, 4.69) is 14.9 Å². The van der Waals surface area contributed by atoms with Crippen molar-refractivity contribution in [2.24, 2.45) is 0 Å². The number of anilines is 1. The Balaban J connectivity index is 2.27. The number of aromatic carboxylic acids is 1. The molecule has 0 radical (unpaired) electrons. The van der Waals surface area contributed by atoms with E-state index in [0.717, 1.165) is 11.3 Å². The van der Waals surface area contributed by atoms with Crippen LogP contribution in [-0.4, -0.2) is 29.7 Å². The Kier molecular flexibility index (Phi) is 3.32. The van der Waals surface area contributed by atoms with Crippen molar-refractivity contribution in [1.82, 2.24) is 10.2 Å². The molecule has 0 spiro atoms. The van der Waals surface area contributed by atoms with Crippen LogP contribution in [0.1, 0.15) is 14.7 Å². The standard InChI is InChI=1S/C8H7N3O4S3/c1-4-9-10-8(16-4)11-18(14,15)6-3-2-5(17-6)7(12)13/h2-3H,1H3,(H,10,11)(H,12,13). The van der Waals surface area contributed by atoms with Crippen LogP contribution >= 0.6 is 22.7 Å². The monoisotopic (exact) mass is 305 g/mol. The summed E-state index contributed by atoms with van der Waals surface area (Å²) in [6, 6.07) is 2.48. The predicted molar refractivity (Wildman–Crippen MR) is 66.7 cm³/mol. The Morgan fingerprint density at radius 1 is 1.33 bits per heavy atom. The van der Waals surface area contributed by atoms with Gasteiger partial charge in [0.15, 0.2) is 0 Å². The number of thiophene rings is 1. The zero-order chi connectivity index (χ0) is 13.3. The van der Waals surface area contributed by atoms with Crippen LogP contribution in [0.2, 0.25) is 0 Å². The Hall–Kier alpha value is -1.52. The van der Waals surface area contributed by atoms with Crippen LogP contribution in [0.5, 0.6) is 0 Å². The first-order valence-corrected chi connectivity index (χ1v) is 7.66. The molecule has 18 heavy (non-hydrogen) atoms. The molecule has 2 heterocycles. The maximum absolute atomic E-state index is 11.9. The summed E-state index contributed by atoms with van der Waals surface area (Å²) in [4.78, 5) is 10.6. The molecule has 0 bridgehead atoms. The molecule has 0 aliphatic heterocycles. The molecule has 0 aliphatic rings. The molecule has 0 fully saturated rings. The number of hydrogen-bond acceptors (Lipinski definition) is 7. The second-order valence-corrected chi connectivity index (χ2v) is 7.33. The minimum Gasteiger partial charge on any atom is -0.477 e. The van der Waals surface area contributed by atoms with Gasteiger partial charge in [0.2, 0.25) is 5.13 Å². The Morgan fingerprint density at radius 3 is 2.56 bits per heavy atom. The van der Waals surface area contributed by atoms with E-state index in [1.54, 1.807) is 6.92 Å². The Bertz CT molecular complexity index is 688. The highest BCUT2D eigenvalue weighted by Crippen LogP contribution is 2.25. The van der Waals surface area contributed by atoms with E-state index in [-0.39, 0.29) is 14.2 Å². The number of nitrogens with one attached hydrogen (secondary N) is 1. The summed E-state index contributed by atoms with van der Waals surface area (Å²) in [5.41, 5.74) is 0. The number of rotatable bonds is 4. The van der Waals surface area contributed by atoms with E-state index in [1.807, 2.05) is 0 Å². The lowest BCUT2D eigenvalue weighted by Crippen LogP contribution is -2.11. The van der Waals surface area contributed by atoms with Gasteiger partial charge in [-0.15, -0.1) is 21.5 Å². The summed E-state index contributed by atoms with van der Waals surface area (Å²) < 4.78 is 26.0. The number of nitrogens with zero attached hydrogens (tertiary/aromatic N) is 2. The van der Waals surface area contributed by atoms with Gasteiger partial charge in [-0.25, -0.2) is 13.2 Å². The molecule has 96 valence electrons. The SMILES string of the molecule is Cc1nnc(NS(=O)(=O)c2ccc(C(=O)O)s2)s1. The number of hydrogen-bond donors (Lipinski definition) is 2. The molecule has 0 unspecified atom stereocenters. The van der Waals surface area contributed by atoms with Crippen molar-refractivity contribution in [3.05, 3.63) is 22.0 Å². The summed E-state index contributed by atoms with van der Waals surface area (Å²) in [7, 11) is -3.80. The van der Waals surface area contributed by atoms with Crippen molar-refractivity contribution < 1.29 is 18.3 Å². The van der Waals surface area contributed by atoms with Crippen molar-refractivity contribution in [3.8, 4) is 0 Å². The second-order valence-electron chi connectivity index (χ2n) is 3.16. The normalized spacial score (nSPS) is 11.4. The van der Waals surface area contributed by atoms with Crippen LogP contribution in [0.3, 0.4) is 0 Å². The first kappa shape index (κ1) is 12.9. The molecule has 0 aliphatic carbocycles. The average Bonchev–Trinajstić information content (AvgIpc) is 2.86. The Morgan fingerprint density at radius 2 is 2.06 bits per heavy atom. The van der Waals surface area contributed by atoms with Crippen molar-refractivity contribution in [2.75, 3.05) is 4.72 Å². The van der Waals surface area contributed by atoms with Gasteiger partial charge in [0.05, 0.1) is 0 Å². The third-order valence-corrected chi connectivity index (χ3v) is 5.59. The lowest BCUT2D eigenvalue weighted by atomic mass is 10.5. The first-order valence-electron chi connectivity index (χ1n) is 4.54. The average molecular weight is 305 g/mol. The fourth-order valence-electron chi connectivity index (χ4n) is 1.08. The highest BCUT2D eigenvalue weighted by molar-refractivity contribution is 7.94. The maximum atomic E-state index is 11.9. The molecule has 10 heteroatoms. The molecule has 0 saturated heterocycles. The fraction of sp³-hybridized carbons (Fsp3) is 0.125. The summed E-state index contributed by atoms with van der Waals surface area (Å²) in [6.07, 6.45) is 0. The molecule has 0 saturated carbocycles. The lowest BCUT2D eigenvalue weighted by Gasteiger charge is -2.00. The van der Waals surface area contributed by atoms with E-state index in [9.17, 15) is 13.2 Å². The minimum atomic E-state index is -3.80. The molecule has 2 rings (SSSR count). The van der Waals surface area contributed by atoms with Crippen molar-refractivity contribution in [1.29, 1.82) is 0 Å². The van der Waals surface area contributed by atoms with E-state index in [4.69, 9.17) is 5.11 Å². The topological polar surface area (TPSA) is 109 Å². The van der Waals surface area contributed by atoms with Crippen molar-refractivity contribution in [2.45, 2.75) is 11.1 Å². The number of sulfonamides is 1. The third kappa shape index (κ3) is 2.66. The summed E-state index contributed by atoms with van der Waals surface area (Å²) in [6.45, 7) is 1.70. The van der Waals surface area contributed by atoms with E-state index in [1.165, 1.54) is 12.1 Å². The van der Waals surface area contributed by atoms with Gasteiger partial charge >= 0.3 is 5.97 Å². The van der Waals surface area contributed by atoms with Crippen molar-refractivity contribution in [3.63, 3.8) is 0 Å². The first-order chi connectivity index (χ1) is 8.38. The third-order valence-electron chi connectivity index (χ3n) is 1.80. The second kappa shape index (κ2) is 4.63. The number of aryl methyl sites for hydroxylation is 1. The molecule has 2 aromatic heterocycles. The zero-order valence-electron chi connectivity index (χ0n) is 8.95. The van der Waals surface area contributed by atoms with Crippen molar-refractivity contribution >= 4 is 43.8 Å². The summed E-state index contributed by atoms with van der Waals surface area (Å²) >= 11 is 1.78. The molecular formula is C8H7N3O4S3. The molecular weight excluding hydrogens is 298 g/mol. The lowest BCUT2D eigenvalue weighted by molar-refractivity contribution is 0.0702. The number of carboxylic acid groups (broad SMARTS) is 1.